The molecule has 44 heavy (non-hydrogen) atoms. The number of ether oxygens (including phenoxy) is 1. The molecular formula is C23H27ClN12O4S4. The smallest absolute Gasteiger partial charge is 0.305 e. The summed E-state index contributed by atoms with van der Waals surface area (Å²) >= 11 is 10.7. The Morgan fingerprint density at radius 2 is 1.80 bits per heavy atom. The number of halogens is 1. The molecule has 5 aromatic heterocycles. The van der Waals surface area contributed by atoms with E-state index in [-0.39, 0.29) is 17.2 Å². The molecule has 21 heteroatoms. The Morgan fingerprint density at radius 1 is 1.18 bits per heavy atom. The summed E-state index contributed by atoms with van der Waals surface area (Å²) in [5.74, 6) is 1.25. The largest absolute Gasteiger partial charge is 0.483 e. The lowest BCUT2D eigenvalue weighted by Gasteiger charge is -1.94. The van der Waals surface area contributed by atoms with Crippen molar-refractivity contribution in [3.8, 4) is 16.8 Å². The first-order valence-electron chi connectivity index (χ1n) is 11.6. The number of aromatic amines is 1. The second-order valence-corrected chi connectivity index (χ2v) is 12.3. The summed E-state index contributed by atoms with van der Waals surface area (Å²) < 4.78 is 6.72. The Bertz CT molecular complexity index is 1710. The average molecular weight is 699 g/mol. The predicted octanol–water partition coefficient (Wildman–Crippen LogP) is 3.32. The second-order valence-electron chi connectivity index (χ2n) is 7.22. The van der Waals surface area contributed by atoms with Gasteiger partial charge in [0.1, 0.15) is 22.2 Å². The van der Waals surface area contributed by atoms with E-state index >= 15 is 0 Å². The van der Waals surface area contributed by atoms with Gasteiger partial charge in [0.25, 0.3) is 6.47 Å². The molecule has 5 rings (SSSR count). The van der Waals surface area contributed by atoms with E-state index < -0.39 is 0 Å². The maximum Gasteiger partial charge on any atom is 0.305 e. The van der Waals surface area contributed by atoms with E-state index in [1.54, 1.807) is 43.7 Å². The number of H-pyrrole nitrogens is 1. The molecule has 0 saturated carbocycles. The number of nitrogens with one attached hydrogen (secondary N) is 3. The lowest BCUT2D eigenvalue weighted by atomic mass is 10.5. The van der Waals surface area contributed by atoms with Crippen LogP contribution in [0, 0.1) is 30.6 Å². The zero-order chi connectivity index (χ0) is 33.1. The molecule has 234 valence electrons. The van der Waals surface area contributed by atoms with Crippen LogP contribution in [0.3, 0.4) is 0 Å². The number of nitriles is 1. The highest BCUT2D eigenvalue weighted by molar-refractivity contribution is 7.16. The van der Waals surface area contributed by atoms with Crippen molar-refractivity contribution in [1.82, 2.24) is 40.1 Å². The topological polar surface area (TPSA) is 247 Å². The number of aromatic nitrogens is 7. The van der Waals surface area contributed by atoms with Gasteiger partial charge in [0.2, 0.25) is 5.90 Å². The van der Waals surface area contributed by atoms with E-state index in [9.17, 15) is 4.79 Å². The number of amidine groups is 1. The van der Waals surface area contributed by atoms with E-state index in [1.165, 1.54) is 47.3 Å². The number of hydrogen-bond donors (Lipinski definition) is 5. The summed E-state index contributed by atoms with van der Waals surface area (Å²) in [6.07, 6.45) is 8.02. The molecular weight excluding hydrogens is 672 g/mol. The molecule has 6 N–H and O–H groups in total. The van der Waals surface area contributed by atoms with Crippen molar-refractivity contribution < 1.29 is 14.6 Å². The van der Waals surface area contributed by atoms with Gasteiger partial charge in [-0.1, -0.05) is 34.3 Å². The fraction of sp³-hybridized carbons (Fsp3) is 0.217. The Balaban J connectivity index is 0.000000287. The maximum atomic E-state index is 10.8. The predicted molar refractivity (Wildman–Crippen MR) is 173 cm³/mol. The van der Waals surface area contributed by atoms with Gasteiger partial charge in [-0.3, -0.25) is 19.7 Å². The third kappa shape index (κ3) is 14.1. The standard InChI is InChI=1S/C6H6N4OS.C6H10N4S.C6H8N2OS.C4HClN2S.CH2O2/c1-10-3-8-5(9-10)4-2-7-6(11)12-4;1-4-9-3-5(11-4)6(7)10-8-2;1-4-8-3-5(10-4)6(7)9-2;5-4-7-2-3(1-6)8-4;2-1-3/h2-3H,1H3,(H,7,11);3,8H,1-2H3,(H2,7,10);3,7H,1-2H3;2H;1H,(H,2,3). The van der Waals surface area contributed by atoms with Crippen LogP contribution in [0.4, 0.5) is 0 Å². The van der Waals surface area contributed by atoms with Crippen molar-refractivity contribution in [2.24, 2.45) is 17.9 Å². The van der Waals surface area contributed by atoms with Crippen LogP contribution in [-0.2, 0) is 16.6 Å². The minimum absolute atomic E-state index is 0.0857. The summed E-state index contributed by atoms with van der Waals surface area (Å²) in [5, 5.41) is 32.2. The normalized spacial score (nSPS) is 9.70. The van der Waals surface area contributed by atoms with Gasteiger partial charge < -0.3 is 26.0 Å². The fourth-order valence-electron chi connectivity index (χ4n) is 2.37. The molecule has 0 atom stereocenters. The van der Waals surface area contributed by atoms with E-state index in [0.717, 1.165) is 36.0 Å². The lowest BCUT2D eigenvalue weighted by Crippen LogP contribution is -2.15. The fourth-order valence-corrected chi connectivity index (χ4v) is 5.11. The van der Waals surface area contributed by atoms with Crippen molar-refractivity contribution >= 4 is 75.2 Å². The van der Waals surface area contributed by atoms with Gasteiger partial charge in [-0.2, -0.15) is 15.5 Å². The Morgan fingerprint density at radius 3 is 2.16 bits per heavy atom. The Labute approximate surface area is 272 Å². The third-order valence-electron chi connectivity index (χ3n) is 4.09. The molecule has 16 nitrogen and oxygen atoms in total. The van der Waals surface area contributed by atoms with Gasteiger partial charge in [0.05, 0.1) is 39.3 Å². The molecule has 0 aliphatic carbocycles. The van der Waals surface area contributed by atoms with E-state index in [4.69, 9.17) is 42.6 Å². The SMILES string of the molecule is CNN=C(N)c1cnc(C)s1.COC(=N)c1cnc(C)s1.Cn1cnc(-c2c[nH]c(=O)s2)n1.N#Cc1cnc(Cl)s1.O=CO. The second kappa shape index (κ2) is 20.4. The molecule has 5 heterocycles. The number of carboxylic acid groups (broad SMARTS) is 1. The van der Waals surface area contributed by atoms with Crippen molar-refractivity contribution in [2.45, 2.75) is 13.8 Å². The molecule has 0 radical (unpaired) electrons. The maximum absolute atomic E-state index is 10.8. The number of hydrazone groups is 1. The molecule has 0 amide bonds. The van der Waals surface area contributed by atoms with Crippen molar-refractivity contribution in [3.63, 3.8) is 0 Å². The number of nitrogens with two attached hydrogens (primary N) is 1. The summed E-state index contributed by atoms with van der Waals surface area (Å²) in [6.45, 7) is 3.58. The first-order valence-corrected chi connectivity index (χ1v) is 15.2. The summed E-state index contributed by atoms with van der Waals surface area (Å²) in [5.41, 5.74) is 8.19. The van der Waals surface area contributed by atoms with Crippen LogP contribution in [0.15, 0.2) is 41.0 Å². The van der Waals surface area contributed by atoms with Crippen molar-refractivity contribution in [3.05, 3.63) is 69.9 Å². The van der Waals surface area contributed by atoms with Crippen molar-refractivity contribution in [2.75, 3.05) is 14.2 Å². The van der Waals surface area contributed by atoms with Gasteiger partial charge in [-0.05, 0) is 13.8 Å². The van der Waals surface area contributed by atoms with Gasteiger partial charge in [0, 0.05) is 26.5 Å². The Hall–Kier alpha value is -4.55. The molecule has 0 spiro atoms. The third-order valence-corrected chi connectivity index (χ3v) is 7.78. The van der Waals surface area contributed by atoms with Gasteiger partial charge in [-0.15, -0.1) is 22.7 Å². The minimum Gasteiger partial charge on any atom is -0.483 e. The summed E-state index contributed by atoms with van der Waals surface area (Å²) in [7, 11) is 4.98. The van der Waals surface area contributed by atoms with Crippen LogP contribution in [0.2, 0.25) is 4.47 Å². The lowest BCUT2D eigenvalue weighted by molar-refractivity contribution is -0.122. The van der Waals surface area contributed by atoms with E-state index in [1.807, 2.05) is 19.9 Å². The van der Waals surface area contributed by atoms with Crippen LogP contribution >= 0.6 is 56.9 Å². The quantitative estimate of drug-likeness (QED) is 0.0785. The van der Waals surface area contributed by atoms with Crippen LogP contribution < -0.4 is 16.0 Å². The number of methoxy groups -OCH3 is 1. The highest BCUT2D eigenvalue weighted by Gasteiger charge is 2.05. The Kier molecular flexibility index (Phi) is 17.4. The summed E-state index contributed by atoms with van der Waals surface area (Å²) in [4.78, 5) is 40.3. The van der Waals surface area contributed by atoms with Gasteiger partial charge in [0.15, 0.2) is 16.1 Å². The molecule has 0 bridgehead atoms. The number of nitrogens with zero attached hydrogens (tertiary/aromatic N) is 8. The van der Waals surface area contributed by atoms with Crippen LogP contribution in [-0.4, -0.2) is 72.2 Å². The zero-order valence-corrected chi connectivity index (χ0v) is 27.8. The van der Waals surface area contributed by atoms with Crippen LogP contribution in [0.25, 0.3) is 10.7 Å². The molecule has 5 aromatic rings. The molecule has 0 fully saturated rings. The first kappa shape index (κ1) is 37.5. The minimum atomic E-state index is -0.250. The number of aryl methyl sites for hydroxylation is 3. The number of carbonyl (C=O) groups is 1. The van der Waals surface area contributed by atoms with Gasteiger partial charge in [-0.25, -0.2) is 19.9 Å². The van der Waals surface area contributed by atoms with E-state index in [2.05, 4.69) is 40.5 Å². The average Bonchev–Trinajstić information content (AvgIpc) is 3.83. The van der Waals surface area contributed by atoms with Crippen LogP contribution in [0.5, 0.6) is 0 Å². The highest BCUT2D eigenvalue weighted by Crippen LogP contribution is 2.16. The first-order chi connectivity index (χ1) is 21.0. The molecule has 0 aliphatic rings. The highest BCUT2D eigenvalue weighted by atomic mass is 35.5. The van der Waals surface area contributed by atoms with E-state index in [0.29, 0.717) is 21.0 Å². The van der Waals surface area contributed by atoms with Crippen LogP contribution in [0.1, 0.15) is 24.6 Å². The molecule has 0 aliphatic heterocycles. The van der Waals surface area contributed by atoms with Gasteiger partial charge >= 0.3 is 4.87 Å². The monoisotopic (exact) mass is 698 g/mol. The number of thiazole rings is 4. The molecule has 0 unspecified atom stereocenters. The molecule has 0 aromatic carbocycles. The number of rotatable bonds is 4. The number of hydrogen-bond acceptors (Lipinski definition) is 16. The summed E-state index contributed by atoms with van der Waals surface area (Å²) in [6, 6.07) is 1.92. The van der Waals surface area contributed by atoms with Crippen molar-refractivity contribution in [1.29, 1.82) is 10.7 Å². The zero-order valence-electron chi connectivity index (χ0n) is 23.8. The molecule has 0 saturated heterocycles.